The number of fused-ring (bicyclic) bond motifs is 1. The minimum atomic E-state index is -0.188. The number of carbonyl (C=O) groups is 1. The Bertz CT molecular complexity index is 451. The lowest BCUT2D eigenvalue weighted by Gasteiger charge is -2.00. The molecule has 16 heavy (non-hydrogen) atoms. The van der Waals surface area contributed by atoms with E-state index in [1.54, 1.807) is 7.11 Å². The van der Waals surface area contributed by atoms with Crippen molar-refractivity contribution < 1.29 is 9.53 Å². The van der Waals surface area contributed by atoms with Crippen LogP contribution in [0, 0.1) is 0 Å². The van der Waals surface area contributed by atoms with Crippen LogP contribution in [0.3, 0.4) is 0 Å². The van der Waals surface area contributed by atoms with Gasteiger partial charge in [-0.2, -0.15) is 4.52 Å². The molecule has 2 rings (SSSR count). The van der Waals surface area contributed by atoms with Crippen LogP contribution in [0.1, 0.15) is 16.2 Å². The van der Waals surface area contributed by atoms with Crippen LogP contribution in [0.4, 0.5) is 0 Å². The molecule has 0 fully saturated rings. The Morgan fingerprint density at radius 3 is 3.31 bits per heavy atom. The lowest BCUT2D eigenvalue weighted by molar-refractivity contribution is 0.0947. The fourth-order valence-electron chi connectivity index (χ4n) is 1.15. The Hall–Kier alpha value is -1.54. The van der Waals surface area contributed by atoms with Gasteiger partial charge in [-0.05, 0) is 6.42 Å². The molecule has 2 heterocycles. The van der Waals surface area contributed by atoms with Gasteiger partial charge in [0.05, 0.1) is 0 Å². The molecular formula is C8H11N5O2S. The summed E-state index contributed by atoms with van der Waals surface area (Å²) in [6, 6.07) is 0. The average Bonchev–Trinajstić information content (AvgIpc) is 2.83. The molecule has 0 aliphatic carbocycles. The van der Waals surface area contributed by atoms with E-state index in [0.717, 1.165) is 6.42 Å². The van der Waals surface area contributed by atoms with Crippen LogP contribution in [0.2, 0.25) is 0 Å². The van der Waals surface area contributed by atoms with Crippen LogP contribution >= 0.6 is 11.3 Å². The van der Waals surface area contributed by atoms with E-state index in [2.05, 4.69) is 20.6 Å². The van der Waals surface area contributed by atoms with Gasteiger partial charge in [0, 0.05) is 20.3 Å². The Kier molecular flexibility index (Phi) is 3.42. The first-order chi connectivity index (χ1) is 7.81. The van der Waals surface area contributed by atoms with Crippen LogP contribution in [-0.2, 0) is 4.74 Å². The molecule has 2 aromatic heterocycles. The Labute approximate surface area is 95.4 Å². The average molecular weight is 241 g/mol. The van der Waals surface area contributed by atoms with E-state index in [1.165, 1.54) is 22.2 Å². The predicted octanol–water partition coefficient (Wildman–Crippen LogP) is -0.0479. The Morgan fingerprint density at radius 2 is 2.56 bits per heavy atom. The summed E-state index contributed by atoms with van der Waals surface area (Å²) >= 11 is 1.21. The molecule has 0 aliphatic heterocycles. The van der Waals surface area contributed by atoms with Gasteiger partial charge in [0.2, 0.25) is 9.97 Å². The number of methoxy groups -OCH3 is 1. The summed E-state index contributed by atoms with van der Waals surface area (Å²) < 4.78 is 6.36. The summed E-state index contributed by atoms with van der Waals surface area (Å²) in [5.74, 6) is -0.188. The quantitative estimate of drug-likeness (QED) is 0.742. The van der Waals surface area contributed by atoms with Gasteiger partial charge < -0.3 is 10.1 Å². The molecule has 1 N–H and O–H groups in total. The normalized spacial score (nSPS) is 10.8. The molecule has 0 spiro atoms. The van der Waals surface area contributed by atoms with Crippen molar-refractivity contribution in [2.24, 2.45) is 0 Å². The molecule has 86 valence electrons. The van der Waals surface area contributed by atoms with Crippen molar-refractivity contribution >= 4 is 22.2 Å². The summed E-state index contributed by atoms with van der Waals surface area (Å²) in [6.45, 7) is 1.21. The number of ether oxygens (including phenoxy) is 1. The van der Waals surface area contributed by atoms with Crippen molar-refractivity contribution in [3.63, 3.8) is 0 Å². The lowest BCUT2D eigenvalue weighted by atomic mass is 10.4. The summed E-state index contributed by atoms with van der Waals surface area (Å²) in [4.78, 5) is 12.2. The topological polar surface area (TPSA) is 81.4 Å². The molecule has 0 saturated heterocycles. The number of aromatic nitrogens is 4. The van der Waals surface area contributed by atoms with E-state index in [9.17, 15) is 4.79 Å². The van der Waals surface area contributed by atoms with Crippen molar-refractivity contribution in [3.8, 4) is 0 Å². The molecule has 8 heteroatoms. The Morgan fingerprint density at radius 1 is 1.69 bits per heavy atom. The fraction of sp³-hybridized carbons (Fsp3) is 0.500. The molecule has 0 unspecified atom stereocenters. The van der Waals surface area contributed by atoms with Crippen molar-refractivity contribution in [2.75, 3.05) is 20.3 Å². The van der Waals surface area contributed by atoms with E-state index < -0.39 is 0 Å². The third-order valence-corrected chi connectivity index (χ3v) is 2.80. The van der Waals surface area contributed by atoms with Crippen LogP contribution < -0.4 is 5.32 Å². The second-order valence-corrected chi connectivity index (χ2v) is 4.02. The zero-order valence-electron chi connectivity index (χ0n) is 8.71. The number of carbonyl (C=O) groups excluding carboxylic acids is 1. The predicted molar refractivity (Wildman–Crippen MR) is 57.5 cm³/mol. The van der Waals surface area contributed by atoms with Crippen LogP contribution in [0.15, 0.2) is 6.33 Å². The molecule has 1 amide bonds. The summed E-state index contributed by atoms with van der Waals surface area (Å²) in [7, 11) is 1.63. The smallest absolute Gasteiger partial charge is 0.282 e. The zero-order chi connectivity index (χ0) is 11.4. The van der Waals surface area contributed by atoms with Gasteiger partial charge in [0.25, 0.3) is 5.91 Å². The number of nitrogens with zero attached hydrogens (tertiary/aromatic N) is 4. The van der Waals surface area contributed by atoms with Gasteiger partial charge in [0.1, 0.15) is 6.33 Å². The minimum absolute atomic E-state index is 0.188. The minimum Gasteiger partial charge on any atom is -0.385 e. The third-order valence-electron chi connectivity index (χ3n) is 1.89. The molecule has 0 radical (unpaired) electrons. The maximum absolute atomic E-state index is 11.6. The summed E-state index contributed by atoms with van der Waals surface area (Å²) in [5, 5.41) is 14.6. The van der Waals surface area contributed by atoms with Crippen LogP contribution in [0.5, 0.6) is 0 Å². The molecule has 0 bridgehead atoms. The highest BCUT2D eigenvalue weighted by Crippen LogP contribution is 2.10. The summed E-state index contributed by atoms with van der Waals surface area (Å²) in [5.41, 5.74) is 0. The van der Waals surface area contributed by atoms with Crippen molar-refractivity contribution in [1.82, 2.24) is 25.1 Å². The number of amides is 1. The van der Waals surface area contributed by atoms with Crippen molar-refractivity contribution in [2.45, 2.75) is 6.42 Å². The van der Waals surface area contributed by atoms with Crippen LogP contribution in [-0.4, -0.2) is 46.0 Å². The maximum Gasteiger partial charge on any atom is 0.282 e. The largest absolute Gasteiger partial charge is 0.385 e. The Balaban J connectivity index is 1.92. The molecule has 0 atom stereocenters. The van der Waals surface area contributed by atoms with Gasteiger partial charge in [0.15, 0.2) is 0 Å². The van der Waals surface area contributed by atoms with Gasteiger partial charge in [-0.3, -0.25) is 4.79 Å². The third kappa shape index (κ3) is 2.34. The SMILES string of the molecule is COCCCNC(=O)c1nn2cnnc2s1. The fourth-order valence-corrected chi connectivity index (χ4v) is 1.88. The molecule has 0 aliphatic rings. The van der Waals surface area contributed by atoms with E-state index in [4.69, 9.17) is 4.74 Å². The van der Waals surface area contributed by atoms with Gasteiger partial charge in [-0.25, -0.2) is 0 Å². The second kappa shape index (κ2) is 4.99. The molecule has 2 aromatic rings. The number of rotatable bonds is 5. The van der Waals surface area contributed by atoms with Crippen LogP contribution in [0.25, 0.3) is 4.96 Å². The van der Waals surface area contributed by atoms with E-state index in [-0.39, 0.29) is 5.91 Å². The second-order valence-electron chi connectivity index (χ2n) is 3.07. The highest BCUT2D eigenvalue weighted by atomic mass is 32.1. The summed E-state index contributed by atoms with van der Waals surface area (Å²) in [6.07, 6.45) is 2.25. The van der Waals surface area contributed by atoms with Gasteiger partial charge in [-0.1, -0.05) is 11.3 Å². The first kappa shape index (κ1) is 11.0. The number of hydrogen-bond donors (Lipinski definition) is 1. The van der Waals surface area contributed by atoms with Gasteiger partial charge >= 0.3 is 0 Å². The highest BCUT2D eigenvalue weighted by Gasteiger charge is 2.12. The standard InChI is InChI=1S/C8H11N5O2S/c1-15-4-2-3-9-6(14)7-12-13-5-10-11-8(13)16-7/h5H,2-4H2,1H3,(H,9,14). The highest BCUT2D eigenvalue weighted by molar-refractivity contribution is 7.18. The monoisotopic (exact) mass is 241 g/mol. The molecule has 7 nitrogen and oxygen atoms in total. The lowest BCUT2D eigenvalue weighted by Crippen LogP contribution is -2.25. The number of nitrogens with one attached hydrogen (secondary N) is 1. The van der Waals surface area contributed by atoms with E-state index >= 15 is 0 Å². The molecule has 0 aromatic carbocycles. The van der Waals surface area contributed by atoms with E-state index in [0.29, 0.717) is 23.1 Å². The first-order valence-electron chi connectivity index (χ1n) is 4.75. The van der Waals surface area contributed by atoms with Crippen molar-refractivity contribution in [3.05, 3.63) is 11.3 Å². The first-order valence-corrected chi connectivity index (χ1v) is 5.57. The molecular weight excluding hydrogens is 230 g/mol. The molecule has 0 saturated carbocycles. The van der Waals surface area contributed by atoms with E-state index in [1.807, 2.05) is 0 Å². The number of hydrogen-bond acceptors (Lipinski definition) is 6. The maximum atomic E-state index is 11.6. The zero-order valence-corrected chi connectivity index (χ0v) is 9.53. The van der Waals surface area contributed by atoms with Crippen molar-refractivity contribution in [1.29, 1.82) is 0 Å². The van der Waals surface area contributed by atoms with Gasteiger partial charge in [-0.15, -0.1) is 15.3 Å².